The van der Waals surface area contributed by atoms with Gasteiger partial charge in [0, 0.05) is 0 Å². The van der Waals surface area contributed by atoms with Crippen LogP contribution in [0.15, 0.2) is 48.5 Å². The maximum Gasteiger partial charge on any atom is 0.352 e. The molecule has 2 aromatic rings. The van der Waals surface area contributed by atoms with Gasteiger partial charge in [-0.3, -0.25) is 0 Å². The number of esters is 1. The van der Waals surface area contributed by atoms with Gasteiger partial charge in [0.15, 0.2) is 17.7 Å². The molecule has 1 atom stereocenters. The highest BCUT2D eigenvalue weighted by Gasteiger charge is 2.18. The van der Waals surface area contributed by atoms with Crippen molar-refractivity contribution >= 4 is 5.97 Å². The molecular formula is C16H15FO3. The van der Waals surface area contributed by atoms with E-state index in [1.165, 1.54) is 18.2 Å². The predicted molar refractivity (Wildman–Crippen MR) is 73.3 cm³/mol. The molecule has 0 aliphatic carbocycles. The standard InChI is InChI=1S/C16H15FO3/c1-11-7-9-13(10-8-11)19-12(2)16(18)20-15-6-4-3-5-14(15)17/h3-10,12H,1-2H3. The summed E-state index contributed by atoms with van der Waals surface area (Å²) in [6.07, 6.45) is -0.822. The van der Waals surface area contributed by atoms with Crippen LogP contribution in [0.2, 0.25) is 0 Å². The molecule has 20 heavy (non-hydrogen) atoms. The molecule has 1 unspecified atom stereocenters. The topological polar surface area (TPSA) is 35.5 Å². The van der Waals surface area contributed by atoms with Crippen LogP contribution in [-0.2, 0) is 4.79 Å². The van der Waals surface area contributed by atoms with Gasteiger partial charge >= 0.3 is 5.97 Å². The molecule has 0 fully saturated rings. The van der Waals surface area contributed by atoms with Gasteiger partial charge in [-0.1, -0.05) is 29.8 Å². The van der Waals surface area contributed by atoms with Crippen LogP contribution in [0.25, 0.3) is 0 Å². The Kier molecular flexibility index (Phi) is 4.35. The second-order valence-corrected chi connectivity index (χ2v) is 4.42. The summed E-state index contributed by atoms with van der Waals surface area (Å²) in [5.41, 5.74) is 1.10. The number of carbonyl (C=O) groups is 1. The predicted octanol–water partition coefficient (Wildman–Crippen LogP) is 3.51. The van der Waals surface area contributed by atoms with Crippen LogP contribution < -0.4 is 9.47 Å². The van der Waals surface area contributed by atoms with Crippen molar-refractivity contribution in [3.8, 4) is 11.5 Å². The Balaban J connectivity index is 1.99. The van der Waals surface area contributed by atoms with E-state index in [1.54, 1.807) is 25.1 Å². The van der Waals surface area contributed by atoms with Gasteiger partial charge in [-0.05, 0) is 38.1 Å². The summed E-state index contributed by atoms with van der Waals surface area (Å²) in [7, 11) is 0. The van der Waals surface area contributed by atoms with Crippen molar-refractivity contribution in [3.05, 3.63) is 59.9 Å². The Morgan fingerprint density at radius 2 is 1.75 bits per heavy atom. The van der Waals surface area contributed by atoms with Gasteiger partial charge in [-0.25, -0.2) is 9.18 Å². The summed E-state index contributed by atoms with van der Waals surface area (Å²) in [5, 5.41) is 0. The van der Waals surface area contributed by atoms with Gasteiger partial charge in [-0.15, -0.1) is 0 Å². The van der Waals surface area contributed by atoms with Gasteiger partial charge in [-0.2, -0.15) is 0 Å². The molecule has 0 bridgehead atoms. The van der Waals surface area contributed by atoms with Gasteiger partial charge in [0.2, 0.25) is 0 Å². The lowest BCUT2D eigenvalue weighted by atomic mass is 10.2. The lowest BCUT2D eigenvalue weighted by Gasteiger charge is -2.14. The summed E-state index contributed by atoms with van der Waals surface area (Å²) in [4.78, 5) is 11.8. The SMILES string of the molecule is Cc1ccc(OC(C)C(=O)Oc2ccccc2F)cc1. The Morgan fingerprint density at radius 3 is 2.40 bits per heavy atom. The van der Waals surface area contributed by atoms with Crippen molar-refractivity contribution in [3.63, 3.8) is 0 Å². The fraction of sp³-hybridized carbons (Fsp3) is 0.188. The highest BCUT2D eigenvalue weighted by Crippen LogP contribution is 2.18. The highest BCUT2D eigenvalue weighted by molar-refractivity contribution is 5.77. The molecule has 0 spiro atoms. The zero-order valence-electron chi connectivity index (χ0n) is 11.3. The third kappa shape index (κ3) is 3.57. The molecule has 3 nitrogen and oxygen atoms in total. The van der Waals surface area contributed by atoms with E-state index in [2.05, 4.69) is 0 Å². The number of hydrogen-bond donors (Lipinski definition) is 0. The van der Waals surface area contributed by atoms with Crippen LogP contribution in [0.4, 0.5) is 4.39 Å². The molecule has 0 aliphatic heterocycles. The van der Waals surface area contributed by atoms with Crippen LogP contribution in [0.1, 0.15) is 12.5 Å². The first-order valence-electron chi connectivity index (χ1n) is 6.26. The minimum atomic E-state index is -0.822. The zero-order chi connectivity index (χ0) is 14.5. The Labute approximate surface area is 117 Å². The maximum absolute atomic E-state index is 13.4. The quantitative estimate of drug-likeness (QED) is 0.632. The highest BCUT2D eigenvalue weighted by atomic mass is 19.1. The van der Waals surface area contributed by atoms with E-state index in [0.29, 0.717) is 5.75 Å². The van der Waals surface area contributed by atoms with E-state index < -0.39 is 17.9 Å². The molecule has 0 radical (unpaired) electrons. The number of benzene rings is 2. The monoisotopic (exact) mass is 274 g/mol. The molecule has 0 saturated heterocycles. The molecular weight excluding hydrogens is 259 g/mol. The Bertz CT molecular complexity index is 593. The number of halogens is 1. The van der Waals surface area contributed by atoms with E-state index in [1.807, 2.05) is 19.1 Å². The largest absolute Gasteiger partial charge is 0.479 e. The molecule has 0 heterocycles. The van der Waals surface area contributed by atoms with E-state index in [4.69, 9.17) is 9.47 Å². The molecule has 0 aliphatic rings. The minimum Gasteiger partial charge on any atom is -0.479 e. The second kappa shape index (κ2) is 6.19. The molecule has 0 N–H and O–H groups in total. The summed E-state index contributed by atoms with van der Waals surface area (Å²) in [5.74, 6) is -0.760. The van der Waals surface area contributed by atoms with Gasteiger partial charge < -0.3 is 9.47 Å². The van der Waals surface area contributed by atoms with Crippen LogP contribution in [-0.4, -0.2) is 12.1 Å². The summed E-state index contributed by atoms with van der Waals surface area (Å²) >= 11 is 0. The van der Waals surface area contributed by atoms with Gasteiger partial charge in [0.1, 0.15) is 5.75 Å². The first-order valence-corrected chi connectivity index (χ1v) is 6.26. The molecule has 104 valence electrons. The van der Waals surface area contributed by atoms with E-state index in [-0.39, 0.29) is 5.75 Å². The van der Waals surface area contributed by atoms with Crippen LogP contribution in [0.3, 0.4) is 0 Å². The lowest BCUT2D eigenvalue weighted by Crippen LogP contribution is -2.28. The summed E-state index contributed by atoms with van der Waals surface area (Å²) in [6, 6.07) is 13.0. The molecule has 2 rings (SSSR count). The molecule has 0 amide bonds. The number of ether oxygens (including phenoxy) is 2. The van der Waals surface area contributed by atoms with Crippen molar-refractivity contribution in [1.82, 2.24) is 0 Å². The Morgan fingerprint density at radius 1 is 1.10 bits per heavy atom. The van der Waals surface area contributed by atoms with Crippen molar-refractivity contribution in [2.45, 2.75) is 20.0 Å². The maximum atomic E-state index is 13.4. The Hall–Kier alpha value is -2.36. The van der Waals surface area contributed by atoms with Crippen molar-refractivity contribution in [2.75, 3.05) is 0 Å². The minimum absolute atomic E-state index is 0.100. The zero-order valence-corrected chi connectivity index (χ0v) is 11.3. The third-order valence-corrected chi connectivity index (χ3v) is 2.71. The molecule has 0 saturated carbocycles. The van der Waals surface area contributed by atoms with Crippen molar-refractivity contribution in [1.29, 1.82) is 0 Å². The van der Waals surface area contributed by atoms with Crippen molar-refractivity contribution in [2.24, 2.45) is 0 Å². The molecule has 0 aromatic heterocycles. The van der Waals surface area contributed by atoms with E-state index in [0.717, 1.165) is 5.56 Å². The average Bonchev–Trinajstić information content (AvgIpc) is 2.44. The lowest BCUT2D eigenvalue weighted by molar-refractivity contribution is -0.141. The number of hydrogen-bond acceptors (Lipinski definition) is 3. The van der Waals surface area contributed by atoms with Gasteiger partial charge in [0.25, 0.3) is 0 Å². The average molecular weight is 274 g/mol. The van der Waals surface area contributed by atoms with E-state index in [9.17, 15) is 9.18 Å². The van der Waals surface area contributed by atoms with Crippen LogP contribution >= 0.6 is 0 Å². The smallest absolute Gasteiger partial charge is 0.352 e. The normalized spacial score (nSPS) is 11.8. The van der Waals surface area contributed by atoms with Crippen LogP contribution in [0.5, 0.6) is 11.5 Å². The summed E-state index contributed by atoms with van der Waals surface area (Å²) in [6.45, 7) is 3.52. The third-order valence-electron chi connectivity index (χ3n) is 2.71. The number of rotatable bonds is 4. The second-order valence-electron chi connectivity index (χ2n) is 4.42. The van der Waals surface area contributed by atoms with Gasteiger partial charge in [0.05, 0.1) is 0 Å². The number of carbonyl (C=O) groups excluding carboxylic acids is 1. The number of aryl methyl sites for hydroxylation is 1. The van der Waals surface area contributed by atoms with Crippen molar-refractivity contribution < 1.29 is 18.7 Å². The fourth-order valence-corrected chi connectivity index (χ4v) is 1.59. The number of para-hydroxylation sites is 1. The first-order chi connectivity index (χ1) is 9.56. The van der Waals surface area contributed by atoms with Crippen LogP contribution in [0, 0.1) is 12.7 Å². The van der Waals surface area contributed by atoms with E-state index >= 15 is 0 Å². The molecule has 4 heteroatoms. The fourth-order valence-electron chi connectivity index (χ4n) is 1.59. The summed E-state index contributed by atoms with van der Waals surface area (Å²) < 4.78 is 23.8. The molecule has 2 aromatic carbocycles. The first kappa shape index (κ1) is 14.1.